The molecule has 3 aliphatic rings. The molecule has 0 saturated heterocycles. The summed E-state index contributed by atoms with van der Waals surface area (Å²) in [7, 11) is 0. The molecule has 0 amide bonds. The van der Waals surface area contributed by atoms with E-state index in [1.807, 2.05) is 6.92 Å². The van der Waals surface area contributed by atoms with Gasteiger partial charge in [0.05, 0.1) is 17.7 Å². The highest BCUT2D eigenvalue weighted by atomic mass is 16.6. The van der Waals surface area contributed by atoms with Gasteiger partial charge < -0.3 is 14.2 Å². The molecule has 7 heteroatoms. The summed E-state index contributed by atoms with van der Waals surface area (Å²) < 4.78 is 15.6. The number of benzene rings is 2. The largest absolute Gasteiger partial charge is 0.492 e. The fraction of sp³-hybridized carbons (Fsp3) is 0.200. The number of esters is 4. The molecule has 0 radical (unpaired) electrons. The first-order valence-corrected chi connectivity index (χ1v) is 8.43. The Morgan fingerprint density at radius 2 is 1.63 bits per heavy atom. The van der Waals surface area contributed by atoms with Crippen LogP contribution in [-0.4, -0.2) is 30.5 Å². The van der Waals surface area contributed by atoms with E-state index in [1.165, 1.54) is 18.2 Å². The molecule has 0 fully saturated rings. The lowest BCUT2D eigenvalue weighted by molar-refractivity contribution is -0.138. The van der Waals surface area contributed by atoms with Gasteiger partial charge in [-0.1, -0.05) is 25.1 Å². The maximum absolute atomic E-state index is 12.7. The third-order valence-electron chi connectivity index (χ3n) is 4.46. The van der Waals surface area contributed by atoms with Crippen molar-refractivity contribution in [3.05, 3.63) is 64.2 Å². The van der Waals surface area contributed by atoms with Crippen molar-refractivity contribution in [3.8, 4) is 5.75 Å². The summed E-state index contributed by atoms with van der Waals surface area (Å²) in [6.07, 6.45) is 0.661. The van der Waals surface area contributed by atoms with E-state index in [4.69, 9.17) is 14.2 Å². The second-order valence-electron chi connectivity index (χ2n) is 6.20. The Bertz CT molecular complexity index is 1010. The van der Waals surface area contributed by atoms with E-state index in [1.54, 1.807) is 18.2 Å². The van der Waals surface area contributed by atoms with Crippen LogP contribution < -0.4 is 4.74 Å². The molecular formula is C20H14O7. The van der Waals surface area contributed by atoms with Crippen molar-refractivity contribution < 1.29 is 33.4 Å². The van der Waals surface area contributed by atoms with Crippen LogP contribution in [0, 0.1) is 0 Å². The summed E-state index contributed by atoms with van der Waals surface area (Å²) in [5.41, 5.74) is 0.590. The lowest BCUT2D eigenvalue weighted by Gasteiger charge is -2.25. The van der Waals surface area contributed by atoms with Gasteiger partial charge in [0.1, 0.15) is 17.2 Å². The van der Waals surface area contributed by atoms with Gasteiger partial charge in [0.15, 0.2) is 0 Å². The van der Waals surface area contributed by atoms with Crippen LogP contribution in [0.25, 0.3) is 0 Å². The number of carbonyl (C=O) groups is 4. The molecule has 27 heavy (non-hydrogen) atoms. The molecule has 2 aromatic carbocycles. The first-order valence-electron chi connectivity index (χ1n) is 8.43. The van der Waals surface area contributed by atoms with Gasteiger partial charge in [-0.25, -0.2) is 14.4 Å². The summed E-state index contributed by atoms with van der Waals surface area (Å²) in [6, 6.07) is 8.98. The van der Waals surface area contributed by atoms with Crippen molar-refractivity contribution in [2.75, 3.05) is 6.61 Å². The number of para-hydroxylation sites is 1. The van der Waals surface area contributed by atoms with Crippen molar-refractivity contribution in [1.82, 2.24) is 0 Å². The van der Waals surface area contributed by atoms with Gasteiger partial charge in [-0.2, -0.15) is 0 Å². The zero-order chi connectivity index (χ0) is 19.1. The van der Waals surface area contributed by atoms with E-state index in [0.29, 0.717) is 17.5 Å². The molecule has 7 nitrogen and oxygen atoms in total. The Kier molecular flexibility index (Phi) is 3.99. The molecule has 3 aliphatic heterocycles. The first kappa shape index (κ1) is 17.0. The zero-order valence-electron chi connectivity index (χ0n) is 14.3. The topological polar surface area (TPSA) is 96.0 Å². The molecule has 0 saturated carbocycles. The quantitative estimate of drug-likeness (QED) is 0.608. The second-order valence-corrected chi connectivity index (χ2v) is 6.20. The molecular weight excluding hydrogens is 352 g/mol. The smallest absolute Gasteiger partial charge is 0.349 e. The standard InChI is InChI=1S/C20H14O7/c1-2-8-25-16-12-4-3-5-13(16)18(22)26-19(23)14-9-10-6-7-11(14)17(21)27-20(24)15(10)12/h3-7,9,15H,2,8H2,1H3. The molecule has 0 aromatic heterocycles. The van der Waals surface area contributed by atoms with Gasteiger partial charge in [0, 0.05) is 5.56 Å². The molecule has 5 rings (SSSR count). The maximum Gasteiger partial charge on any atom is 0.349 e. The van der Waals surface area contributed by atoms with Crippen molar-refractivity contribution in [1.29, 1.82) is 0 Å². The van der Waals surface area contributed by atoms with Gasteiger partial charge in [-0.3, -0.25) is 4.79 Å². The maximum atomic E-state index is 12.7. The third-order valence-corrected chi connectivity index (χ3v) is 4.46. The van der Waals surface area contributed by atoms with Crippen molar-refractivity contribution in [2.45, 2.75) is 19.3 Å². The van der Waals surface area contributed by atoms with Crippen molar-refractivity contribution in [2.24, 2.45) is 0 Å². The molecule has 1 atom stereocenters. The van der Waals surface area contributed by atoms with E-state index >= 15 is 0 Å². The minimum atomic E-state index is -1.02. The lowest BCUT2D eigenvalue weighted by atomic mass is 9.86. The molecule has 6 bridgehead atoms. The summed E-state index contributed by atoms with van der Waals surface area (Å²) >= 11 is 0. The average molecular weight is 366 g/mol. The molecule has 0 spiro atoms. The Morgan fingerprint density at radius 3 is 2.41 bits per heavy atom. The Morgan fingerprint density at radius 1 is 0.889 bits per heavy atom. The fourth-order valence-electron chi connectivity index (χ4n) is 3.24. The highest BCUT2D eigenvalue weighted by Crippen LogP contribution is 2.39. The van der Waals surface area contributed by atoms with Gasteiger partial charge in [0.25, 0.3) is 0 Å². The average Bonchev–Trinajstić information content (AvgIpc) is 2.64. The van der Waals surface area contributed by atoms with Crippen LogP contribution >= 0.6 is 0 Å². The lowest BCUT2D eigenvalue weighted by Crippen LogP contribution is -2.28. The summed E-state index contributed by atoms with van der Waals surface area (Å²) in [4.78, 5) is 50.0. The summed E-state index contributed by atoms with van der Waals surface area (Å²) in [5, 5.41) is 0. The molecule has 1 unspecified atom stereocenters. The number of cyclic esters (lactones) is 2. The molecule has 2 aromatic rings. The highest BCUT2D eigenvalue weighted by molar-refractivity contribution is 6.12. The van der Waals surface area contributed by atoms with Crippen molar-refractivity contribution in [3.63, 3.8) is 0 Å². The van der Waals surface area contributed by atoms with Crippen LogP contribution in [0.2, 0.25) is 0 Å². The van der Waals surface area contributed by atoms with E-state index in [2.05, 4.69) is 0 Å². The fourth-order valence-corrected chi connectivity index (χ4v) is 3.24. The Labute approximate surface area is 153 Å². The predicted octanol–water partition coefficient (Wildman–Crippen LogP) is 2.61. The van der Waals surface area contributed by atoms with E-state index < -0.39 is 29.8 Å². The molecule has 136 valence electrons. The number of fused-ring (bicyclic) bond motifs is 5. The van der Waals surface area contributed by atoms with E-state index in [-0.39, 0.29) is 29.0 Å². The van der Waals surface area contributed by atoms with Gasteiger partial charge in [-0.05, 0) is 30.2 Å². The van der Waals surface area contributed by atoms with Gasteiger partial charge >= 0.3 is 23.9 Å². The number of hydrogen-bond acceptors (Lipinski definition) is 7. The van der Waals surface area contributed by atoms with Crippen molar-refractivity contribution >= 4 is 23.9 Å². The number of rotatable bonds is 3. The summed E-state index contributed by atoms with van der Waals surface area (Å²) in [5.74, 6) is -4.55. The van der Waals surface area contributed by atoms with Crippen LogP contribution in [0.5, 0.6) is 5.75 Å². The first-order chi connectivity index (χ1) is 13.0. The van der Waals surface area contributed by atoms with Crippen LogP contribution in [0.15, 0.2) is 36.4 Å². The van der Waals surface area contributed by atoms with Crippen LogP contribution in [0.3, 0.4) is 0 Å². The number of hydrogen-bond donors (Lipinski definition) is 0. The van der Waals surface area contributed by atoms with Crippen LogP contribution in [-0.2, 0) is 14.3 Å². The Hall–Kier alpha value is -3.48. The molecule has 0 N–H and O–H groups in total. The summed E-state index contributed by atoms with van der Waals surface area (Å²) in [6.45, 7) is 2.18. The van der Waals surface area contributed by atoms with Gasteiger partial charge in [0.2, 0.25) is 0 Å². The van der Waals surface area contributed by atoms with Crippen LogP contribution in [0.4, 0.5) is 0 Å². The number of ether oxygens (including phenoxy) is 3. The molecule has 3 heterocycles. The molecule has 0 aliphatic carbocycles. The Balaban J connectivity index is 2.04. The van der Waals surface area contributed by atoms with Gasteiger partial charge in [-0.15, -0.1) is 0 Å². The highest BCUT2D eigenvalue weighted by Gasteiger charge is 2.38. The minimum Gasteiger partial charge on any atom is -0.492 e. The predicted molar refractivity (Wildman–Crippen MR) is 90.7 cm³/mol. The number of carbonyl (C=O) groups excluding carboxylic acids is 4. The van der Waals surface area contributed by atoms with E-state index in [9.17, 15) is 19.2 Å². The van der Waals surface area contributed by atoms with E-state index in [0.717, 1.165) is 0 Å². The zero-order valence-corrected chi connectivity index (χ0v) is 14.3. The normalized spacial score (nSPS) is 17.9. The third kappa shape index (κ3) is 2.68. The monoisotopic (exact) mass is 366 g/mol. The van der Waals surface area contributed by atoms with Crippen LogP contribution in [0.1, 0.15) is 61.5 Å². The SMILES string of the molecule is CCCOc1c2cccc1C1C(=O)OC(=O)c3ccc1cc3C(=O)OC2=O. The minimum absolute atomic E-state index is 0.0331. The second kappa shape index (κ2) is 6.35.